The fraction of sp³-hybridized carbons (Fsp3) is 0. The van der Waals surface area contributed by atoms with Gasteiger partial charge in [0.05, 0.1) is 22.1 Å². The maximum absolute atomic E-state index is 14.2. The molecule has 15 rings (SSSR count). The summed E-state index contributed by atoms with van der Waals surface area (Å²) in [5.74, 6) is 0. The number of aromatic nitrogens is 3. The van der Waals surface area contributed by atoms with Crippen molar-refractivity contribution in [2.45, 2.75) is 0 Å². The van der Waals surface area contributed by atoms with Crippen LogP contribution in [0.1, 0.15) is 0 Å². The van der Waals surface area contributed by atoms with Crippen LogP contribution in [0.2, 0.25) is 0 Å². The minimum absolute atomic E-state index is 0. The minimum atomic E-state index is 0. The smallest absolute Gasteiger partial charge is 0.196 e. The summed E-state index contributed by atoms with van der Waals surface area (Å²) in [4.78, 5) is 29.9. The first kappa shape index (κ1) is 45.9. The molecule has 5 aromatic heterocycles. The summed E-state index contributed by atoms with van der Waals surface area (Å²) >= 11 is 10.1. The van der Waals surface area contributed by atoms with E-state index in [1.165, 1.54) is 43.4 Å². The van der Waals surface area contributed by atoms with Gasteiger partial charge in [0, 0.05) is 104 Å². The van der Waals surface area contributed by atoms with Crippen LogP contribution in [-0.2, 0) is 0 Å². The fourth-order valence-corrected chi connectivity index (χ4v) is 12.9. The van der Waals surface area contributed by atoms with Gasteiger partial charge < -0.3 is 14.1 Å². The number of aromatic amines is 1. The maximum Gasteiger partial charge on any atom is 0.196 e. The van der Waals surface area contributed by atoms with Crippen molar-refractivity contribution in [3.8, 4) is 11.4 Å². The molecule has 0 spiro atoms. The number of hydrogen-bond donors (Lipinski definition) is 1. The van der Waals surface area contributed by atoms with Crippen LogP contribution in [0, 0.1) is 0 Å². The monoisotopic (exact) mass is 1110 g/mol. The highest BCUT2D eigenvalue weighted by Gasteiger charge is 2.16. The molecule has 346 valence electrons. The first-order valence-electron chi connectivity index (χ1n) is 23.1. The van der Waals surface area contributed by atoms with Crippen molar-refractivity contribution in [1.29, 1.82) is 0 Å². The average Bonchev–Trinajstić information content (AvgIpc) is 4.08. The number of fused-ring (bicyclic) bond motifs is 13. The standard InChI is InChI=1S/C37H22N2OS.C13H6Br2OS.C12H9N.H3P/c40-37-29-21-23(38-31-13-5-1-9-25(31)26-10-2-6-14-32(26)38)17-19-35(29)41-36-20-18-24(22-30(36)37)39-33-15-7-3-11-27(33)28-12-4-8-16-34(28)39;14-7-1-3-11-9(5-7)13(16)10-6-8(15)2-4-12(10)17-11;1-3-7-11-9(5-1)10-6-2-4-8-12(10)13-11;/h1-22H;1-6H;1-8,13H;1H3. The van der Waals surface area contributed by atoms with E-state index in [1.807, 2.05) is 36.4 Å². The van der Waals surface area contributed by atoms with Gasteiger partial charge in [0.1, 0.15) is 0 Å². The van der Waals surface area contributed by atoms with Crippen LogP contribution in [0.3, 0.4) is 0 Å². The molecule has 0 bridgehead atoms. The van der Waals surface area contributed by atoms with Crippen LogP contribution in [-0.4, -0.2) is 14.1 Å². The molecule has 0 aliphatic carbocycles. The molecule has 15 aromatic rings. The third kappa shape index (κ3) is 7.84. The van der Waals surface area contributed by atoms with E-state index in [0.717, 1.165) is 82.7 Å². The normalized spacial score (nSPS) is 11.5. The lowest BCUT2D eigenvalue weighted by atomic mass is 10.1. The molecule has 0 saturated carbocycles. The Kier molecular flexibility index (Phi) is 11.9. The van der Waals surface area contributed by atoms with E-state index in [9.17, 15) is 9.59 Å². The Labute approximate surface area is 440 Å². The topological polar surface area (TPSA) is 59.8 Å². The molecule has 0 aliphatic rings. The van der Waals surface area contributed by atoms with Gasteiger partial charge in [0.15, 0.2) is 10.9 Å². The predicted octanol–water partition coefficient (Wildman–Crippen LogP) is 17.9. The van der Waals surface area contributed by atoms with Crippen LogP contribution in [0.5, 0.6) is 0 Å². The summed E-state index contributed by atoms with van der Waals surface area (Å²) in [6, 6.07) is 74.9. The Hall–Kier alpha value is -7.23. The molecule has 72 heavy (non-hydrogen) atoms. The molecule has 1 atom stereocenters. The van der Waals surface area contributed by atoms with E-state index < -0.39 is 0 Å². The quantitative estimate of drug-likeness (QED) is 0.139. The third-order valence-corrected chi connectivity index (χ3v) is 16.6. The van der Waals surface area contributed by atoms with Gasteiger partial charge in [-0.1, -0.05) is 141 Å². The van der Waals surface area contributed by atoms with Crippen molar-refractivity contribution in [2.75, 3.05) is 0 Å². The highest BCUT2D eigenvalue weighted by molar-refractivity contribution is 9.10. The number of nitrogens with zero attached hydrogens (tertiary/aromatic N) is 2. The first-order chi connectivity index (χ1) is 34.9. The molecule has 10 aromatic carbocycles. The summed E-state index contributed by atoms with van der Waals surface area (Å²) in [6.45, 7) is 0. The Bertz CT molecular complexity index is 4370. The summed E-state index contributed by atoms with van der Waals surface area (Å²) in [5, 5.41) is 10.5. The Morgan fingerprint density at radius 3 is 0.972 bits per heavy atom. The van der Waals surface area contributed by atoms with E-state index in [1.54, 1.807) is 22.7 Å². The van der Waals surface area contributed by atoms with Gasteiger partial charge in [-0.3, -0.25) is 9.59 Å². The summed E-state index contributed by atoms with van der Waals surface area (Å²) in [7, 11) is 0. The zero-order valence-corrected chi connectivity index (χ0v) is 44.5. The lowest BCUT2D eigenvalue weighted by Crippen LogP contribution is -2.04. The van der Waals surface area contributed by atoms with Crippen molar-refractivity contribution in [2.24, 2.45) is 0 Å². The van der Waals surface area contributed by atoms with Gasteiger partial charge in [0.2, 0.25) is 0 Å². The first-order valence-corrected chi connectivity index (χ1v) is 26.3. The van der Waals surface area contributed by atoms with E-state index in [-0.39, 0.29) is 20.8 Å². The van der Waals surface area contributed by atoms with Gasteiger partial charge >= 0.3 is 0 Å². The second kappa shape index (κ2) is 18.7. The lowest BCUT2D eigenvalue weighted by Gasteiger charge is -2.11. The van der Waals surface area contributed by atoms with Crippen molar-refractivity contribution < 1.29 is 0 Å². The number of nitrogens with one attached hydrogen (secondary N) is 1. The zero-order valence-electron chi connectivity index (χ0n) is 38.3. The van der Waals surface area contributed by atoms with E-state index in [2.05, 4.69) is 228 Å². The lowest BCUT2D eigenvalue weighted by molar-refractivity contribution is 1.18. The molecule has 0 aliphatic heterocycles. The number of para-hydroxylation sites is 6. The SMILES string of the molecule is O=c1c2cc(-n3c4ccccc4c4ccccc43)ccc2sc2ccc(-n3c4ccccc4c4ccccc43)cc12.O=c1c2cc(Br)ccc2sc2ccc(Br)cc12.P.c1ccc2c(c1)[nH]c1ccccc12. The summed E-state index contributed by atoms with van der Waals surface area (Å²) in [6.07, 6.45) is 0. The van der Waals surface area contributed by atoms with Crippen LogP contribution in [0.4, 0.5) is 0 Å². The van der Waals surface area contributed by atoms with Crippen molar-refractivity contribution in [3.05, 3.63) is 248 Å². The van der Waals surface area contributed by atoms with Gasteiger partial charge in [-0.05, 0) is 109 Å². The molecule has 1 N–H and O–H groups in total. The zero-order chi connectivity index (χ0) is 47.7. The number of H-pyrrole nitrogens is 1. The highest BCUT2D eigenvalue weighted by Crippen LogP contribution is 2.37. The third-order valence-electron chi connectivity index (χ3n) is 13.3. The number of halogens is 2. The van der Waals surface area contributed by atoms with Gasteiger partial charge in [-0.2, -0.15) is 9.90 Å². The molecular formula is C62H40Br2N3O2PS2. The van der Waals surface area contributed by atoms with Crippen LogP contribution >= 0.6 is 64.4 Å². The summed E-state index contributed by atoms with van der Waals surface area (Å²) < 4.78 is 10.4. The molecule has 5 nitrogen and oxygen atoms in total. The maximum atomic E-state index is 14.2. The Morgan fingerprint density at radius 2 is 0.611 bits per heavy atom. The Morgan fingerprint density at radius 1 is 0.319 bits per heavy atom. The molecule has 0 fully saturated rings. The largest absolute Gasteiger partial charge is 0.355 e. The van der Waals surface area contributed by atoms with Crippen molar-refractivity contribution >= 4 is 170 Å². The van der Waals surface area contributed by atoms with Gasteiger partial charge in [0.25, 0.3) is 0 Å². The Balaban J connectivity index is 0.000000139. The van der Waals surface area contributed by atoms with Gasteiger partial charge in [-0.15, -0.1) is 22.7 Å². The van der Waals surface area contributed by atoms with Crippen LogP contribution in [0.15, 0.2) is 237 Å². The van der Waals surface area contributed by atoms with Crippen molar-refractivity contribution in [1.82, 2.24) is 14.1 Å². The minimum Gasteiger partial charge on any atom is -0.355 e. The number of benzene rings is 10. The molecule has 10 heteroatoms. The molecule has 1 unspecified atom stereocenters. The van der Waals surface area contributed by atoms with E-state index in [0.29, 0.717) is 0 Å². The fourth-order valence-electron chi connectivity index (χ4n) is 10.1. The second-order valence-electron chi connectivity index (χ2n) is 17.5. The average molecular weight is 1110 g/mol. The van der Waals surface area contributed by atoms with E-state index in [4.69, 9.17) is 0 Å². The van der Waals surface area contributed by atoms with E-state index >= 15 is 0 Å². The van der Waals surface area contributed by atoms with Gasteiger partial charge in [-0.25, -0.2) is 0 Å². The predicted molar refractivity (Wildman–Crippen MR) is 322 cm³/mol. The number of rotatable bonds is 2. The molecular weight excluding hydrogens is 1070 g/mol. The second-order valence-corrected chi connectivity index (χ2v) is 21.5. The number of hydrogen-bond acceptors (Lipinski definition) is 4. The van der Waals surface area contributed by atoms with Crippen LogP contribution < -0.4 is 10.9 Å². The molecule has 0 saturated heterocycles. The van der Waals surface area contributed by atoms with Crippen LogP contribution in [0.25, 0.3) is 117 Å². The molecule has 5 heterocycles. The highest BCUT2D eigenvalue weighted by atomic mass is 79.9. The summed E-state index contributed by atoms with van der Waals surface area (Å²) in [5.41, 5.74) is 9.13. The van der Waals surface area contributed by atoms with Crippen molar-refractivity contribution in [3.63, 3.8) is 0 Å². The molecule has 0 radical (unpaired) electrons. The molecule has 0 amide bonds.